The number of hydrogen-bond donors (Lipinski definition) is 1. The molecular weight excluding hydrogens is 192 g/mol. The SMILES string of the molecule is CC(C)OCc1nnsc1C(=O)O. The minimum absolute atomic E-state index is 0.0587. The van der Waals surface area contributed by atoms with Gasteiger partial charge < -0.3 is 9.84 Å². The summed E-state index contributed by atoms with van der Waals surface area (Å²) in [5.41, 5.74) is 0.395. The van der Waals surface area contributed by atoms with Gasteiger partial charge in [0.1, 0.15) is 5.69 Å². The topological polar surface area (TPSA) is 72.3 Å². The molecule has 0 fully saturated rings. The van der Waals surface area contributed by atoms with Gasteiger partial charge in [-0.2, -0.15) is 0 Å². The minimum atomic E-state index is -1.00. The van der Waals surface area contributed by atoms with Gasteiger partial charge >= 0.3 is 5.97 Å². The van der Waals surface area contributed by atoms with E-state index in [1.165, 1.54) is 0 Å². The molecule has 0 aliphatic heterocycles. The van der Waals surface area contributed by atoms with E-state index in [0.29, 0.717) is 5.69 Å². The smallest absolute Gasteiger partial charge is 0.349 e. The van der Waals surface area contributed by atoms with Crippen molar-refractivity contribution in [2.45, 2.75) is 26.6 Å². The monoisotopic (exact) mass is 202 g/mol. The highest BCUT2D eigenvalue weighted by molar-refractivity contribution is 7.07. The van der Waals surface area contributed by atoms with Gasteiger partial charge in [-0.05, 0) is 25.4 Å². The molecule has 0 amide bonds. The van der Waals surface area contributed by atoms with Gasteiger partial charge in [-0.1, -0.05) is 4.49 Å². The number of carbonyl (C=O) groups is 1. The van der Waals surface area contributed by atoms with Crippen LogP contribution in [0.3, 0.4) is 0 Å². The van der Waals surface area contributed by atoms with Crippen LogP contribution in [0.2, 0.25) is 0 Å². The van der Waals surface area contributed by atoms with Crippen molar-refractivity contribution in [2.24, 2.45) is 0 Å². The van der Waals surface area contributed by atoms with E-state index in [4.69, 9.17) is 9.84 Å². The summed E-state index contributed by atoms with van der Waals surface area (Å²) in [7, 11) is 0. The lowest BCUT2D eigenvalue weighted by molar-refractivity contribution is 0.0594. The van der Waals surface area contributed by atoms with Crippen molar-refractivity contribution < 1.29 is 14.6 Å². The number of ether oxygens (including phenoxy) is 1. The molecule has 6 heteroatoms. The van der Waals surface area contributed by atoms with Crippen LogP contribution < -0.4 is 0 Å². The third kappa shape index (κ3) is 2.74. The van der Waals surface area contributed by atoms with Crippen molar-refractivity contribution in [3.05, 3.63) is 10.6 Å². The van der Waals surface area contributed by atoms with E-state index in [9.17, 15) is 4.79 Å². The van der Waals surface area contributed by atoms with Crippen molar-refractivity contribution in [3.63, 3.8) is 0 Å². The number of rotatable bonds is 4. The van der Waals surface area contributed by atoms with Crippen molar-refractivity contribution in [3.8, 4) is 0 Å². The van der Waals surface area contributed by atoms with E-state index in [-0.39, 0.29) is 17.6 Å². The van der Waals surface area contributed by atoms with Crippen molar-refractivity contribution in [1.29, 1.82) is 0 Å². The van der Waals surface area contributed by atoms with E-state index >= 15 is 0 Å². The Morgan fingerprint density at radius 3 is 2.92 bits per heavy atom. The minimum Gasteiger partial charge on any atom is -0.477 e. The Hall–Kier alpha value is -1.01. The molecule has 1 N–H and O–H groups in total. The molecule has 1 rings (SSSR count). The molecule has 0 bridgehead atoms. The maximum atomic E-state index is 10.6. The van der Waals surface area contributed by atoms with Gasteiger partial charge in [-0.3, -0.25) is 0 Å². The second-order valence-corrected chi connectivity index (χ2v) is 3.47. The number of carboxylic acids is 1. The standard InChI is InChI=1S/C7H10N2O3S/c1-4(2)12-3-5-6(7(10)11)13-9-8-5/h4H,3H2,1-2H3,(H,10,11). The fraction of sp³-hybridized carbons (Fsp3) is 0.571. The number of aromatic nitrogens is 2. The molecule has 0 atom stereocenters. The Morgan fingerprint density at radius 1 is 1.69 bits per heavy atom. The normalized spacial score (nSPS) is 10.7. The molecule has 1 aromatic rings. The van der Waals surface area contributed by atoms with Crippen LogP contribution in [0.25, 0.3) is 0 Å². The molecule has 0 saturated carbocycles. The van der Waals surface area contributed by atoms with Crippen LogP contribution in [0.4, 0.5) is 0 Å². The summed E-state index contributed by atoms with van der Waals surface area (Å²) in [5, 5.41) is 12.4. The molecule has 0 spiro atoms. The van der Waals surface area contributed by atoms with Crippen LogP contribution in [0, 0.1) is 0 Å². The highest BCUT2D eigenvalue weighted by atomic mass is 32.1. The van der Waals surface area contributed by atoms with Crippen LogP contribution in [-0.4, -0.2) is 26.8 Å². The summed E-state index contributed by atoms with van der Waals surface area (Å²) < 4.78 is 8.77. The molecule has 1 heterocycles. The van der Waals surface area contributed by atoms with E-state index in [2.05, 4.69) is 9.59 Å². The number of carboxylic acid groups (broad SMARTS) is 1. The Kier molecular flexibility index (Phi) is 3.32. The van der Waals surface area contributed by atoms with Crippen LogP contribution in [0.5, 0.6) is 0 Å². The highest BCUT2D eigenvalue weighted by Gasteiger charge is 2.15. The molecule has 13 heavy (non-hydrogen) atoms. The zero-order valence-corrected chi connectivity index (χ0v) is 8.17. The average Bonchev–Trinajstić information content (AvgIpc) is 2.47. The summed E-state index contributed by atoms with van der Waals surface area (Å²) in [5.74, 6) is -1.00. The van der Waals surface area contributed by atoms with Gasteiger partial charge in [0.15, 0.2) is 4.88 Å². The summed E-state index contributed by atoms with van der Waals surface area (Å²) in [6, 6.07) is 0. The van der Waals surface area contributed by atoms with E-state index in [0.717, 1.165) is 11.5 Å². The lowest BCUT2D eigenvalue weighted by atomic mass is 10.4. The van der Waals surface area contributed by atoms with E-state index in [1.54, 1.807) is 0 Å². The molecule has 0 aromatic carbocycles. The fourth-order valence-corrected chi connectivity index (χ4v) is 1.22. The Balaban J connectivity index is 2.65. The van der Waals surface area contributed by atoms with Crippen LogP contribution in [-0.2, 0) is 11.3 Å². The predicted octanol–water partition coefficient (Wildman–Crippen LogP) is 1.16. The summed E-state index contributed by atoms with van der Waals surface area (Å²) >= 11 is 0.869. The summed E-state index contributed by atoms with van der Waals surface area (Å²) in [4.78, 5) is 10.8. The lowest BCUT2D eigenvalue weighted by Crippen LogP contribution is -2.06. The molecular formula is C7H10N2O3S. The van der Waals surface area contributed by atoms with Crippen molar-refractivity contribution in [2.75, 3.05) is 0 Å². The third-order valence-corrected chi connectivity index (χ3v) is 2.06. The summed E-state index contributed by atoms with van der Waals surface area (Å²) in [6.45, 7) is 3.95. The molecule has 1 aromatic heterocycles. The average molecular weight is 202 g/mol. The zero-order chi connectivity index (χ0) is 9.84. The number of hydrogen-bond acceptors (Lipinski definition) is 5. The lowest BCUT2D eigenvalue weighted by Gasteiger charge is -2.04. The van der Waals surface area contributed by atoms with Crippen LogP contribution in [0.15, 0.2) is 0 Å². The van der Waals surface area contributed by atoms with Gasteiger partial charge in [0.05, 0.1) is 12.7 Å². The van der Waals surface area contributed by atoms with Gasteiger partial charge in [0, 0.05) is 0 Å². The first-order valence-electron chi connectivity index (χ1n) is 3.77. The molecule has 0 saturated heterocycles. The largest absolute Gasteiger partial charge is 0.477 e. The first kappa shape index (κ1) is 10.1. The second-order valence-electron chi connectivity index (χ2n) is 2.71. The Morgan fingerprint density at radius 2 is 2.38 bits per heavy atom. The quantitative estimate of drug-likeness (QED) is 0.793. The zero-order valence-electron chi connectivity index (χ0n) is 7.35. The number of aromatic carboxylic acids is 1. The molecule has 0 radical (unpaired) electrons. The fourth-order valence-electron chi connectivity index (χ4n) is 0.711. The van der Waals surface area contributed by atoms with E-state index < -0.39 is 5.97 Å². The molecule has 72 valence electrons. The first-order valence-corrected chi connectivity index (χ1v) is 4.54. The number of nitrogens with zero attached hydrogens (tertiary/aromatic N) is 2. The van der Waals surface area contributed by atoms with Gasteiger partial charge in [0.25, 0.3) is 0 Å². The van der Waals surface area contributed by atoms with Crippen molar-refractivity contribution >= 4 is 17.5 Å². The van der Waals surface area contributed by atoms with Gasteiger partial charge in [-0.15, -0.1) is 5.10 Å². The van der Waals surface area contributed by atoms with Crippen molar-refractivity contribution in [1.82, 2.24) is 9.59 Å². The molecule has 0 aliphatic rings. The second kappa shape index (κ2) is 4.29. The maximum Gasteiger partial charge on any atom is 0.349 e. The van der Waals surface area contributed by atoms with Crippen LogP contribution >= 0.6 is 11.5 Å². The summed E-state index contributed by atoms with van der Waals surface area (Å²) in [6.07, 6.45) is 0.0587. The van der Waals surface area contributed by atoms with Gasteiger partial charge in [0.2, 0.25) is 0 Å². The predicted molar refractivity (Wildman–Crippen MR) is 46.8 cm³/mol. The third-order valence-electron chi connectivity index (χ3n) is 1.30. The van der Waals surface area contributed by atoms with Crippen LogP contribution in [0.1, 0.15) is 29.2 Å². The molecule has 5 nitrogen and oxygen atoms in total. The highest BCUT2D eigenvalue weighted by Crippen LogP contribution is 2.11. The van der Waals surface area contributed by atoms with E-state index in [1.807, 2.05) is 13.8 Å². The maximum absolute atomic E-state index is 10.6. The molecule has 0 aliphatic carbocycles. The first-order chi connectivity index (χ1) is 6.11. The Labute approximate surface area is 79.5 Å². The molecule has 0 unspecified atom stereocenters. The van der Waals surface area contributed by atoms with Gasteiger partial charge in [-0.25, -0.2) is 4.79 Å². The Bertz CT molecular complexity index is 298.